The average molecular weight is 467 g/mol. The number of fused-ring (bicyclic) bond motifs is 4. The standard InChI is InChI=1S/C25H18N6O2S/c1-2-14-30-23-12-11-19(16-22(23)26-28-30)18-7-5-8-20(15-18)34(32,33)31-24-13-10-17-6-3-4-9-21(17)25(24)27-29-31/h2-13,15-16H,1,14H2. The van der Waals surface area contributed by atoms with Gasteiger partial charge in [-0.3, -0.25) is 0 Å². The predicted molar refractivity (Wildman–Crippen MR) is 131 cm³/mol. The van der Waals surface area contributed by atoms with Crippen LogP contribution in [0.3, 0.4) is 0 Å². The zero-order valence-electron chi connectivity index (χ0n) is 17.9. The quantitative estimate of drug-likeness (QED) is 0.349. The van der Waals surface area contributed by atoms with E-state index in [9.17, 15) is 8.42 Å². The Balaban J connectivity index is 1.44. The van der Waals surface area contributed by atoms with Gasteiger partial charge in [0, 0.05) is 5.39 Å². The van der Waals surface area contributed by atoms with Gasteiger partial charge in [-0.15, -0.1) is 20.9 Å². The Morgan fingerprint density at radius 1 is 0.824 bits per heavy atom. The van der Waals surface area contributed by atoms with Crippen LogP contribution in [0.4, 0.5) is 0 Å². The van der Waals surface area contributed by atoms with Crippen LogP contribution < -0.4 is 0 Å². The number of nitrogens with zero attached hydrogens (tertiary/aromatic N) is 6. The van der Waals surface area contributed by atoms with Gasteiger partial charge < -0.3 is 0 Å². The monoisotopic (exact) mass is 466 g/mol. The maximum Gasteiger partial charge on any atom is 0.284 e. The minimum Gasteiger partial charge on any atom is -0.241 e. The lowest BCUT2D eigenvalue weighted by Crippen LogP contribution is -2.14. The molecule has 2 heterocycles. The summed E-state index contributed by atoms with van der Waals surface area (Å²) in [6.07, 6.45) is 1.76. The molecule has 34 heavy (non-hydrogen) atoms. The molecule has 0 aliphatic heterocycles. The summed E-state index contributed by atoms with van der Waals surface area (Å²) in [5.74, 6) is 0. The zero-order chi connectivity index (χ0) is 23.3. The summed E-state index contributed by atoms with van der Waals surface area (Å²) in [6.45, 7) is 4.30. The molecule has 2 aromatic heterocycles. The maximum atomic E-state index is 13.5. The molecule has 0 saturated carbocycles. The van der Waals surface area contributed by atoms with Gasteiger partial charge in [0.15, 0.2) is 0 Å². The first-order valence-electron chi connectivity index (χ1n) is 10.6. The van der Waals surface area contributed by atoms with Crippen molar-refractivity contribution in [3.8, 4) is 11.1 Å². The summed E-state index contributed by atoms with van der Waals surface area (Å²) in [6, 6.07) is 23.8. The Kier molecular flexibility index (Phi) is 4.53. The fourth-order valence-corrected chi connectivity index (χ4v) is 5.42. The highest BCUT2D eigenvalue weighted by Crippen LogP contribution is 2.29. The van der Waals surface area contributed by atoms with E-state index in [1.165, 1.54) is 0 Å². The molecule has 4 aromatic carbocycles. The van der Waals surface area contributed by atoms with Crippen LogP contribution in [0.2, 0.25) is 0 Å². The second-order valence-electron chi connectivity index (χ2n) is 7.88. The van der Waals surface area contributed by atoms with Gasteiger partial charge in [0.05, 0.1) is 17.0 Å². The van der Waals surface area contributed by atoms with Crippen LogP contribution in [0.5, 0.6) is 0 Å². The molecule has 0 bridgehead atoms. The summed E-state index contributed by atoms with van der Waals surface area (Å²) in [7, 11) is -3.97. The highest BCUT2D eigenvalue weighted by atomic mass is 32.2. The molecule has 0 aliphatic carbocycles. The van der Waals surface area contributed by atoms with E-state index in [2.05, 4.69) is 27.2 Å². The van der Waals surface area contributed by atoms with Crippen molar-refractivity contribution < 1.29 is 8.42 Å². The normalized spacial score (nSPS) is 12.0. The van der Waals surface area contributed by atoms with Gasteiger partial charge in [0.1, 0.15) is 16.6 Å². The number of hydrogen-bond donors (Lipinski definition) is 0. The second kappa shape index (κ2) is 7.60. The number of benzene rings is 4. The summed E-state index contributed by atoms with van der Waals surface area (Å²) < 4.78 is 29.8. The number of allylic oxidation sites excluding steroid dienone is 1. The SMILES string of the molecule is C=CCn1nnc2cc(-c3cccc(S(=O)(=O)n4nnc5c6ccccc6ccc54)c3)ccc21. The smallest absolute Gasteiger partial charge is 0.241 e. The first-order chi connectivity index (χ1) is 16.6. The van der Waals surface area contributed by atoms with Crippen molar-refractivity contribution in [2.45, 2.75) is 11.4 Å². The minimum atomic E-state index is -3.97. The van der Waals surface area contributed by atoms with Crippen LogP contribution in [0.1, 0.15) is 0 Å². The van der Waals surface area contributed by atoms with Gasteiger partial charge >= 0.3 is 0 Å². The Morgan fingerprint density at radius 2 is 1.65 bits per heavy atom. The van der Waals surface area contributed by atoms with Crippen LogP contribution in [0.25, 0.3) is 44.0 Å². The Hall–Kier alpha value is -4.37. The maximum absolute atomic E-state index is 13.5. The molecule has 166 valence electrons. The molecule has 0 radical (unpaired) electrons. The van der Waals surface area contributed by atoms with Gasteiger partial charge in [-0.05, 0) is 46.8 Å². The van der Waals surface area contributed by atoms with Crippen LogP contribution in [-0.4, -0.2) is 37.8 Å². The van der Waals surface area contributed by atoms with Crippen molar-refractivity contribution in [3.63, 3.8) is 0 Å². The van der Waals surface area contributed by atoms with Crippen LogP contribution in [0.15, 0.2) is 96.4 Å². The molecule has 6 aromatic rings. The van der Waals surface area contributed by atoms with Crippen LogP contribution >= 0.6 is 0 Å². The van der Waals surface area contributed by atoms with Crippen molar-refractivity contribution in [1.82, 2.24) is 29.4 Å². The molecular formula is C25H18N6O2S. The molecule has 0 spiro atoms. The molecule has 0 aliphatic rings. The fourth-order valence-electron chi connectivity index (χ4n) is 4.16. The second-order valence-corrected chi connectivity index (χ2v) is 9.65. The molecule has 9 heteroatoms. The summed E-state index contributed by atoms with van der Waals surface area (Å²) >= 11 is 0. The lowest BCUT2D eigenvalue weighted by Gasteiger charge is -2.08. The molecule has 6 rings (SSSR count). The predicted octanol–water partition coefficient (Wildman–Crippen LogP) is 4.42. The number of rotatable bonds is 5. The molecule has 0 saturated heterocycles. The third kappa shape index (κ3) is 3.09. The van der Waals surface area contributed by atoms with Gasteiger partial charge in [-0.2, -0.15) is 8.42 Å². The highest BCUT2D eigenvalue weighted by molar-refractivity contribution is 7.90. The summed E-state index contributed by atoms with van der Waals surface area (Å²) in [4.78, 5) is 0.125. The summed E-state index contributed by atoms with van der Waals surface area (Å²) in [5.41, 5.74) is 4.17. The van der Waals surface area contributed by atoms with E-state index in [0.717, 1.165) is 37.0 Å². The van der Waals surface area contributed by atoms with E-state index in [-0.39, 0.29) is 4.90 Å². The van der Waals surface area contributed by atoms with Gasteiger partial charge in [-0.1, -0.05) is 65.0 Å². The van der Waals surface area contributed by atoms with E-state index >= 15 is 0 Å². The van der Waals surface area contributed by atoms with E-state index < -0.39 is 10.0 Å². The van der Waals surface area contributed by atoms with E-state index in [4.69, 9.17) is 0 Å². The molecule has 8 nitrogen and oxygen atoms in total. The van der Waals surface area contributed by atoms with Crippen molar-refractivity contribution >= 4 is 42.9 Å². The third-order valence-electron chi connectivity index (χ3n) is 5.82. The summed E-state index contributed by atoms with van der Waals surface area (Å²) in [5, 5.41) is 18.4. The molecular weight excluding hydrogens is 448 g/mol. The minimum absolute atomic E-state index is 0.125. The Morgan fingerprint density at radius 3 is 2.53 bits per heavy atom. The van der Waals surface area contributed by atoms with Crippen LogP contribution in [0, 0.1) is 0 Å². The lowest BCUT2D eigenvalue weighted by atomic mass is 10.1. The van der Waals surface area contributed by atoms with Gasteiger partial charge in [-0.25, -0.2) is 4.68 Å². The Bertz CT molecular complexity index is 1840. The van der Waals surface area contributed by atoms with Gasteiger partial charge in [0.25, 0.3) is 10.0 Å². The molecule has 0 fully saturated rings. The van der Waals surface area contributed by atoms with Gasteiger partial charge in [0.2, 0.25) is 0 Å². The average Bonchev–Trinajstić information content (AvgIpc) is 3.49. The molecule has 0 unspecified atom stereocenters. The van der Waals surface area contributed by atoms with Crippen molar-refractivity contribution in [3.05, 3.63) is 91.5 Å². The first-order valence-corrected chi connectivity index (χ1v) is 12.0. The van der Waals surface area contributed by atoms with E-state index in [0.29, 0.717) is 17.6 Å². The third-order valence-corrected chi connectivity index (χ3v) is 7.39. The fraction of sp³-hybridized carbons (Fsp3) is 0.0400. The van der Waals surface area contributed by atoms with Crippen molar-refractivity contribution in [2.75, 3.05) is 0 Å². The van der Waals surface area contributed by atoms with Crippen LogP contribution in [-0.2, 0) is 16.6 Å². The number of hydrogen-bond acceptors (Lipinski definition) is 6. The molecule has 0 N–H and O–H groups in total. The zero-order valence-corrected chi connectivity index (χ0v) is 18.7. The van der Waals surface area contributed by atoms with Crippen molar-refractivity contribution in [2.24, 2.45) is 0 Å². The molecule has 0 amide bonds. The first kappa shape index (κ1) is 20.3. The number of aromatic nitrogens is 6. The van der Waals surface area contributed by atoms with E-state index in [1.807, 2.05) is 54.6 Å². The topological polar surface area (TPSA) is 95.6 Å². The Labute approximate surface area is 194 Å². The largest absolute Gasteiger partial charge is 0.284 e. The lowest BCUT2D eigenvalue weighted by molar-refractivity contribution is 0.579. The molecule has 0 atom stereocenters. The van der Waals surface area contributed by atoms with Crippen molar-refractivity contribution in [1.29, 1.82) is 0 Å². The highest BCUT2D eigenvalue weighted by Gasteiger charge is 2.23. The van der Waals surface area contributed by atoms with E-state index in [1.54, 1.807) is 35.0 Å².